The fourth-order valence-corrected chi connectivity index (χ4v) is 1.42. The van der Waals surface area contributed by atoms with Gasteiger partial charge >= 0.3 is 0 Å². The third-order valence-electron chi connectivity index (χ3n) is 2.30. The van der Waals surface area contributed by atoms with Crippen molar-refractivity contribution >= 4 is 5.91 Å². The van der Waals surface area contributed by atoms with Crippen LogP contribution in [0.5, 0.6) is 0 Å². The normalized spacial score (nSPS) is 19.5. The summed E-state index contributed by atoms with van der Waals surface area (Å²) in [5.41, 5.74) is 0. The molecule has 0 atom stereocenters. The predicted octanol–water partition coefficient (Wildman–Crippen LogP) is 2.93. The van der Waals surface area contributed by atoms with Crippen LogP contribution in [-0.2, 0) is 4.79 Å². The van der Waals surface area contributed by atoms with Gasteiger partial charge in [0.15, 0.2) is 0 Å². The Labute approximate surface area is 90.6 Å². The van der Waals surface area contributed by atoms with Crippen molar-refractivity contribution < 1.29 is 13.6 Å². The summed E-state index contributed by atoms with van der Waals surface area (Å²) in [6.45, 7) is 7.97. The van der Waals surface area contributed by atoms with E-state index in [2.05, 4.69) is 0 Å². The number of nitrogens with zero attached hydrogens (tertiary/aromatic N) is 1. The zero-order valence-corrected chi connectivity index (χ0v) is 10.0. The number of halogens is 2. The molecular weight excluding hydrogens is 200 g/mol. The largest absolute Gasteiger partial charge is 0.342 e. The third-order valence-corrected chi connectivity index (χ3v) is 2.30. The minimum absolute atomic E-state index is 0.0181. The standard InChI is InChI=1S/C9H15F2NO.C2H6/c1-7(2)8(13)12-5-3-9(10,11)4-6-12;1-2/h7H,3-6H2,1-2H3;1-2H3. The van der Waals surface area contributed by atoms with Gasteiger partial charge in [0.1, 0.15) is 0 Å². The molecule has 0 N–H and O–H groups in total. The second kappa shape index (κ2) is 6.03. The van der Waals surface area contributed by atoms with Crippen LogP contribution >= 0.6 is 0 Å². The first-order valence-corrected chi connectivity index (χ1v) is 5.59. The van der Waals surface area contributed by atoms with E-state index in [9.17, 15) is 13.6 Å². The van der Waals surface area contributed by atoms with Crippen LogP contribution in [0.2, 0.25) is 0 Å². The Hall–Kier alpha value is -0.670. The fraction of sp³-hybridized carbons (Fsp3) is 0.909. The molecule has 0 aliphatic carbocycles. The molecule has 1 aliphatic rings. The zero-order chi connectivity index (χ0) is 12.1. The van der Waals surface area contributed by atoms with Gasteiger partial charge in [0, 0.05) is 31.8 Å². The van der Waals surface area contributed by atoms with E-state index in [4.69, 9.17) is 0 Å². The quantitative estimate of drug-likeness (QED) is 0.666. The topological polar surface area (TPSA) is 20.3 Å². The maximum Gasteiger partial charge on any atom is 0.251 e. The summed E-state index contributed by atoms with van der Waals surface area (Å²) >= 11 is 0. The maximum atomic E-state index is 12.7. The summed E-state index contributed by atoms with van der Waals surface area (Å²) in [7, 11) is 0. The summed E-state index contributed by atoms with van der Waals surface area (Å²) in [5.74, 6) is -2.67. The summed E-state index contributed by atoms with van der Waals surface area (Å²) in [5, 5.41) is 0. The van der Waals surface area contributed by atoms with Crippen molar-refractivity contribution in [3.63, 3.8) is 0 Å². The molecule has 0 spiro atoms. The van der Waals surface area contributed by atoms with Gasteiger partial charge in [0.05, 0.1) is 0 Å². The summed E-state index contributed by atoms with van der Waals surface area (Å²) < 4.78 is 25.4. The van der Waals surface area contributed by atoms with Crippen molar-refractivity contribution in [1.82, 2.24) is 4.90 Å². The van der Waals surface area contributed by atoms with Gasteiger partial charge in [0.2, 0.25) is 5.91 Å². The minimum atomic E-state index is -2.56. The Morgan fingerprint density at radius 1 is 1.20 bits per heavy atom. The van der Waals surface area contributed by atoms with Crippen molar-refractivity contribution in [3.05, 3.63) is 0 Å². The molecule has 0 radical (unpaired) electrons. The van der Waals surface area contributed by atoms with E-state index < -0.39 is 5.92 Å². The van der Waals surface area contributed by atoms with E-state index in [-0.39, 0.29) is 37.8 Å². The molecule has 0 aromatic heterocycles. The van der Waals surface area contributed by atoms with Crippen molar-refractivity contribution in [1.29, 1.82) is 0 Å². The summed E-state index contributed by atoms with van der Waals surface area (Å²) in [4.78, 5) is 12.9. The van der Waals surface area contributed by atoms with Crippen LogP contribution in [-0.4, -0.2) is 29.8 Å². The van der Waals surface area contributed by atoms with Crippen LogP contribution in [0.3, 0.4) is 0 Å². The Morgan fingerprint density at radius 2 is 1.60 bits per heavy atom. The van der Waals surface area contributed by atoms with Gasteiger partial charge in [-0.25, -0.2) is 8.78 Å². The number of carbonyl (C=O) groups excluding carboxylic acids is 1. The lowest BCUT2D eigenvalue weighted by molar-refractivity contribution is -0.140. The SMILES string of the molecule is CC.CC(C)C(=O)N1CCC(F)(F)CC1. The van der Waals surface area contributed by atoms with Crippen LogP contribution in [0.4, 0.5) is 8.78 Å². The molecule has 1 fully saturated rings. The monoisotopic (exact) mass is 221 g/mol. The van der Waals surface area contributed by atoms with Crippen molar-refractivity contribution in [2.75, 3.05) is 13.1 Å². The number of rotatable bonds is 1. The van der Waals surface area contributed by atoms with Crippen molar-refractivity contribution in [3.8, 4) is 0 Å². The van der Waals surface area contributed by atoms with Gasteiger partial charge in [-0.3, -0.25) is 4.79 Å². The molecule has 0 aromatic carbocycles. The van der Waals surface area contributed by atoms with Gasteiger partial charge in [-0.15, -0.1) is 0 Å². The molecule has 15 heavy (non-hydrogen) atoms. The third kappa shape index (κ3) is 4.58. The number of amides is 1. The second-order valence-electron chi connectivity index (χ2n) is 3.84. The average Bonchev–Trinajstić information content (AvgIpc) is 2.20. The number of alkyl halides is 2. The van der Waals surface area contributed by atoms with Gasteiger partial charge in [-0.05, 0) is 0 Å². The zero-order valence-electron chi connectivity index (χ0n) is 10.0. The smallest absolute Gasteiger partial charge is 0.251 e. The number of hydrogen-bond donors (Lipinski definition) is 0. The lowest BCUT2D eigenvalue weighted by Gasteiger charge is -2.32. The van der Waals surface area contributed by atoms with Crippen LogP contribution in [0.1, 0.15) is 40.5 Å². The minimum Gasteiger partial charge on any atom is -0.342 e. The van der Waals surface area contributed by atoms with Crippen molar-refractivity contribution in [2.45, 2.75) is 46.5 Å². The first-order chi connectivity index (χ1) is 6.92. The summed E-state index contributed by atoms with van der Waals surface area (Å²) in [6, 6.07) is 0. The molecule has 0 bridgehead atoms. The van der Waals surface area contributed by atoms with Gasteiger partial charge in [-0.1, -0.05) is 27.7 Å². The molecule has 0 saturated carbocycles. The van der Waals surface area contributed by atoms with Crippen molar-refractivity contribution in [2.24, 2.45) is 5.92 Å². The van der Waals surface area contributed by atoms with E-state index in [1.54, 1.807) is 13.8 Å². The molecule has 0 unspecified atom stereocenters. The van der Waals surface area contributed by atoms with Gasteiger partial charge in [0.25, 0.3) is 5.92 Å². The lowest BCUT2D eigenvalue weighted by atomic mass is 10.0. The van der Waals surface area contributed by atoms with E-state index in [0.717, 1.165) is 0 Å². The van der Waals surface area contributed by atoms with Crippen LogP contribution in [0.25, 0.3) is 0 Å². The molecule has 1 rings (SSSR count). The number of piperidine rings is 1. The van der Waals surface area contributed by atoms with E-state index in [0.29, 0.717) is 0 Å². The highest BCUT2D eigenvalue weighted by molar-refractivity contribution is 5.78. The number of carbonyl (C=O) groups is 1. The molecule has 90 valence electrons. The highest BCUT2D eigenvalue weighted by Crippen LogP contribution is 2.28. The Kier molecular flexibility index (Phi) is 5.76. The molecular formula is C11H21F2NO. The number of hydrogen-bond acceptors (Lipinski definition) is 1. The molecule has 1 amide bonds. The molecule has 1 saturated heterocycles. The Bertz CT molecular complexity index is 195. The molecule has 2 nitrogen and oxygen atoms in total. The van der Waals surface area contributed by atoms with E-state index >= 15 is 0 Å². The maximum absolute atomic E-state index is 12.7. The molecule has 1 aliphatic heterocycles. The Balaban J connectivity index is 0.000000921. The molecule has 0 aromatic rings. The van der Waals surface area contributed by atoms with Gasteiger partial charge in [-0.2, -0.15) is 0 Å². The van der Waals surface area contributed by atoms with Crippen LogP contribution in [0, 0.1) is 5.92 Å². The predicted molar refractivity (Wildman–Crippen MR) is 56.9 cm³/mol. The molecule has 4 heteroatoms. The highest BCUT2D eigenvalue weighted by Gasteiger charge is 2.35. The van der Waals surface area contributed by atoms with E-state index in [1.165, 1.54) is 4.90 Å². The van der Waals surface area contributed by atoms with Crippen LogP contribution in [0.15, 0.2) is 0 Å². The van der Waals surface area contributed by atoms with Crippen LogP contribution < -0.4 is 0 Å². The first-order valence-electron chi connectivity index (χ1n) is 5.59. The second-order valence-corrected chi connectivity index (χ2v) is 3.84. The highest BCUT2D eigenvalue weighted by atomic mass is 19.3. The lowest BCUT2D eigenvalue weighted by Crippen LogP contribution is -2.44. The Morgan fingerprint density at radius 3 is 1.93 bits per heavy atom. The summed E-state index contributed by atoms with van der Waals surface area (Å²) in [6.07, 6.45) is -0.378. The van der Waals surface area contributed by atoms with Gasteiger partial charge < -0.3 is 4.90 Å². The fourth-order valence-electron chi connectivity index (χ4n) is 1.42. The van der Waals surface area contributed by atoms with E-state index in [1.807, 2.05) is 13.8 Å². The molecule has 1 heterocycles. The first kappa shape index (κ1) is 14.3. The number of likely N-dealkylation sites (tertiary alicyclic amines) is 1. The average molecular weight is 221 g/mol.